The molecular weight excluding hydrogens is 232 g/mol. The van der Waals surface area contributed by atoms with Crippen LogP contribution in [0.15, 0.2) is 54.9 Å². The van der Waals surface area contributed by atoms with Crippen LogP contribution >= 0.6 is 0 Å². The molecule has 2 heteroatoms. The van der Waals surface area contributed by atoms with Gasteiger partial charge in [0.2, 0.25) is 0 Å². The maximum absolute atomic E-state index is 4.28. The maximum atomic E-state index is 4.28. The molecule has 0 radical (unpaired) electrons. The van der Waals surface area contributed by atoms with E-state index in [1.54, 1.807) is 0 Å². The standard InChI is InChI=1S/C17H14N2/c1-2-19-16-9-10-18-11-15(16)14-8-7-12-5-3-4-6-13(12)17(14)19/h3-11H,2H2,1H3. The van der Waals surface area contributed by atoms with Gasteiger partial charge in [-0.15, -0.1) is 0 Å². The number of nitrogens with zero attached hydrogens (tertiary/aromatic N) is 2. The fraction of sp³-hybridized carbons (Fsp3) is 0.118. The SMILES string of the molecule is CCn1c2ccncc2c2ccc3ccccc3c21. The van der Waals surface area contributed by atoms with Crippen molar-refractivity contribution in [3.05, 3.63) is 54.9 Å². The predicted octanol–water partition coefficient (Wildman–Crippen LogP) is 4.36. The molecule has 2 heterocycles. The van der Waals surface area contributed by atoms with Crippen LogP contribution in [0.3, 0.4) is 0 Å². The molecule has 0 aliphatic rings. The van der Waals surface area contributed by atoms with Crippen molar-refractivity contribution in [2.24, 2.45) is 0 Å². The van der Waals surface area contributed by atoms with Crippen LogP contribution in [0, 0.1) is 0 Å². The van der Waals surface area contributed by atoms with Gasteiger partial charge in [-0.2, -0.15) is 0 Å². The zero-order valence-electron chi connectivity index (χ0n) is 10.8. The second-order valence-corrected chi connectivity index (χ2v) is 4.82. The average Bonchev–Trinajstić information content (AvgIpc) is 2.81. The highest BCUT2D eigenvalue weighted by molar-refractivity contribution is 6.17. The molecule has 2 aromatic heterocycles. The Morgan fingerprint density at radius 1 is 0.947 bits per heavy atom. The first-order chi connectivity index (χ1) is 9.40. The summed E-state index contributed by atoms with van der Waals surface area (Å²) in [6, 6.07) is 15.1. The minimum absolute atomic E-state index is 0.970. The minimum atomic E-state index is 0.970. The average molecular weight is 246 g/mol. The summed E-state index contributed by atoms with van der Waals surface area (Å²) in [5.41, 5.74) is 2.59. The number of benzene rings is 2. The molecule has 0 bridgehead atoms. The van der Waals surface area contributed by atoms with Crippen molar-refractivity contribution in [3.8, 4) is 0 Å². The topological polar surface area (TPSA) is 17.8 Å². The first kappa shape index (κ1) is 10.6. The van der Waals surface area contributed by atoms with E-state index in [9.17, 15) is 0 Å². The third-order valence-corrected chi connectivity index (χ3v) is 3.87. The molecule has 0 saturated carbocycles. The molecule has 0 amide bonds. The highest BCUT2D eigenvalue weighted by Gasteiger charge is 2.11. The van der Waals surface area contributed by atoms with Gasteiger partial charge in [0.1, 0.15) is 0 Å². The van der Waals surface area contributed by atoms with Crippen LogP contribution in [0.5, 0.6) is 0 Å². The Hall–Kier alpha value is -2.35. The van der Waals surface area contributed by atoms with E-state index in [2.05, 4.69) is 58.9 Å². The number of aromatic nitrogens is 2. The highest BCUT2D eigenvalue weighted by Crippen LogP contribution is 2.33. The molecule has 0 saturated heterocycles. The Morgan fingerprint density at radius 3 is 2.74 bits per heavy atom. The van der Waals surface area contributed by atoms with Gasteiger partial charge in [-0.25, -0.2) is 0 Å². The summed E-state index contributed by atoms with van der Waals surface area (Å²) in [5.74, 6) is 0. The molecule has 2 nitrogen and oxygen atoms in total. The molecule has 0 fully saturated rings. The van der Waals surface area contributed by atoms with Crippen LogP contribution in [0.2, 0.25) is 0 Å². The molecule has 4 rings (SSSR count). The van der Waals surface area contributed by atoms with Gasteiger partial charge in [-0.05, 0) is 18.4 Å². The fourth-order valence-corrected chi connectivity index (χ4v) is 3.04. The number of hydrogen-bond acceptors (Lipinski definition) is 1. The van der Waals surface area contributed by atoms with Crippen molar-refractivity contribution < 1.29 is 0 Å². The maximum Gasteiger partial charge on any atom is 0.0571 e. The number of rotatable bonds is 1. The minimum Gasteiger partial charge on any atom is -0.340 e. The lowest BCUT2D eigenvalue weighted by molar-refractivity contribution is 0.829. The summed E-state index contributed by atoms with van der Waals surface area (Å²) in [5, 5.41) is 5.15. The Kier molecular flexibility index (Phi) is 2.12. The summed E-state index contributed by atoms with van der Waals surface area (Å²) in [7, 11) is 0. The molecule has 0 unspecified atom stereocenters. The summed E-state index contributed by atoms with van der Waals surface area (Å²) in [6.45, 7) is 3.17. The van der Waals surface area contributed by atoms with Crippen molar-refractivity contribution in [3.63, 3.8) is 0 Å². The molecule has 2 aromatic carbocycles. The molecule has 92 valence electrons. The van der Waals surface area contributed by atoms with Gasteiger partial charge >= 0.3 is 0 Å². The number of pyridine rings is 1. The molecule has 0 spiro atoms. The van der Waals surface area contributed by atoms with E-state index >= 15 is 0 Å². The van der Waals surface area contributed by atoms with Gasteiger partial charge < -0.3 is 4.57 Å². The van der Waals surface area contributed by atoms with Crippen molar-refractivity contribution in [1.29, 1.82) is 0 Å². The summed E-state index contributed by atoms with van der Waals surface area (Å²) >= 11 is 0. The van der Waals surface area contributed by atoms with Crippen molar-refractivity contribution in [1.82, 2.24) is 9.55 Å². The lowest BCUT2D eigenvalue weighted by Gasteiger charge is -2.06. The van der Waals surface area contributed by atoms with Crippen LogP contribution in [-0.2, 0) is 6.54 Å². The Balaban J connectivity index is 2.37. The summed E-state index contributed by atoms with van der Waals surface area (Å²) in [6.07, 6.45) is 3.84. The van der Waals surface area contributed by atoms with Gasteiger partial charge in [0.05, 0.1) is 11.0 Å². The first-order valence-electron chi connectivity index (χ1n) is 6.64. The van der Waals surface area contributed by atoms with Gasteiger partial charge in [0.25, 0.3) is 0 Å². The predicted molar refractivity (Wildman–Crippen MR) is 80.4 cm³/mol. The monoisotopic (exact) mass is 246 g/mol. The second-order valence-electron chi connectivity index (χ2n) is 4.82. The van der Waals surface area contributed by atoms with Crippen molar-refractivity contribution in [2.45, 2.75) is 13.5 Å². The largest absolute Gasteiger partial charge is 0.340 e. The Morgan fingerprint density at radius 2 is 1.84 bits per heavy atom. The zero-order valence-corrected chi connectivity index (χ0v) is 10.8. The van der Waals surface area contributed by atoms with Crippen LogP contribution < -0.4 is 0 Å². The van der Waals surface area contributed by atoms with Crippen molar-refractivity contribution >= 4 is 32.6 Å². The lowest BCUT2D eigenvalue weighted by Crippen LogP contribution is -1.93. The van der Waals surface area contributed by atoms with Gasteiger partial charge in [0, 0.05) is 35.1 Å². The molecular formula is C17H14N2. The smallest absolute Gasteiger partial charge is 0.0571 e. The number of hydrogen-bond donors (Lipinski definition) is 0. The summed E-state index contributed by atoms with van der Waals surface area (Å²) < 4.78 is 2.38. The number of aryl methyl sites for hydroxylation is 1. The lowest BCUT2D eigenvalue weighted by atomic mass is 10.1. The fourth-order valence-electron chi connectivity index (χ4n) is 3.04. The first-order valence-corrected chi connectivity index (χ1v) is 6.64. The Labute approximate surface area is 111 Å². The van der Waals surface area contributed by atoms with E-state index in [4.69, 9.17) is 0 Å². The van der Waals surface area contributed by atoms with E-state index in [0.29, 0.717) is 0 Å². The molecule has 0 N–H and O–H groups in total. The highest BCUT2D eigenvalue weighted by atomic mass is 15.0. The van der Waals surface area contributed by atoms with Crippen LogP contribution in [0.4, 0.5) is 0 Å². The quantitative estimate of drug-likeness (QED) is 0.488. The van der Waals surface area contributed by atoms with E-state index in [0.717, 1.165) is 6.54 Å². The van der Waals surface area contributed by atoms with Crippen LogP contribution in [0.1, 0.15) is 6.92 Å². The van der Waals surface area contributed by atoms with E-state index in [1.165, 1.54) is 32.6 Å². The third-order valence-electron chi connectivity index (χ3n) is 3.87. The Bertz CT molecular complexity index is 903. The van der Waals surface area contributed by atoms with E-state index in [-0.39, 0.29) is 0 Å². The van der Waals surface area contributed by atoms with E-state index < -0.39 is 0 Å². The molecule has 19 heavy (non-hydrogen) atoms. The van der Waals surface area contributed by atoms with Crippen LogP contribution in [0.25, 0.3) is 32.6 Å². The second kappa shape index (κ2) is 3.82. The summed E-state index contributed by atoms with van der Waals surface area (Å²) in [4.78, 5) is 4.28. The molecule has 0 aliphatic carbocycles. The third kappa shape index (κ3) is 1.34. The van der Waals surface area contributed by atoms with Crippen molar-refractivity contribution in [2.75, 3.05) is 0 Å². The van der Waals surface area contributed by atoms with E-state index in [1.807, 2.05) is 12.4 Å². The molecule has 0 aliphatic heterocycles. The van der Waals surface area contributed by atoms with Gasteiger partial charge in [-0.3, -0.25) is 4.98 Å². The normalized spacial score (nSPS) is 11.6. The van der Waals surface area contributed by atoms with Crippen LogP contribution in [-0.4, -0.2) is 9.55 Å². The molecule has 4 aromatic rings. The number of fused-ring (bicyclic) bond motifs is 5. The molecule has 0 atom stereocenters. The van der Waals surface area contributed by atoms with Gasteiger partial charge in [-0.1, -0.05) is 36.4 Å². The zero-order chi connectivity index (χ0) is 12.8. The van der Waals surface area contributed by atoms with Gasteiger partial charge in [0.15, 0.2) is 0 Å².